The molecule has 0 heterocycles. The Morgan fingerprint density at radius 1 is 1.12 bits per heavy atom. The molecule has 132 valence electrons. The summed E-state index contributed by atoms with van der Waals surface area (Å²) in [5.74, 6) is -1.62. The van der Waals surface area contributed by atoms with Crippen LogP contribution in [0, 0.1) is 5.41 Å². The van der Waals surface area contributed by atoms with Gasteiger partial charge in [-0.05, 0) is 49.4 Å². The van der Waals surface area contributed by atoms with Gasteiger partial charge >= 0.3 is 5.97 Å². The zero-order chi connectivity index (χ0) is 18.3. The number of carbonyl (C=O) groups excluding carboxylic acids is 2. The molecule has 6 heteroatoms. The van der Waals surface area contributed by atoms with Gasteiger partial charge in [0.25, 0.3) is 5.91 Å². The molecule has 0 radical (unpaired) electrons. The summed E-state index contributed by atoms with van der Waals surface area (Å²) in [5, 5.41) is 13.9. The van der Waals surface area contributed by atoms with Gasteiger partial charge in [0.15, 0.2) is 0 Å². The van der Waals surface area contributed by atoms with E-state index in [1.54, 1.807) is 24.3 Å². The number of amides is 2. The van der Waals surface area contributed by atoms with Crippen molar-refractivity contribution in [3.05, 3.63) is 29.8 Å². The smallest absolute Gasteiger partial charge is 0.325 e. The first-order chi connectivity index (χ1) is 11.1. The van der Waals surface area contributed by atoms with Gasteiger partial charge in [-0.1, -0.05) is 20.8 Å². The van der Waals surface area contributed by atoms with Crippen molar-refractivity contribution in [1.29, 1.82) is 0 Å². The molecule has 1 unspecified atom stereocenters. The summed E-state index contributed by atoms with van der Waals surface area (Å²) in [6.07, 6.45) is 2.25. The van der Waals surface area contributed by atoms with Crippen LogP contribution in [0.2, 0.25) is 0 Å². The molecule has 0 aliphatic rings. The second kappa shape index (κ2) is 8.47. The number of carboxylic acids is 1. The molecule has 0 bridgehead atoms. The molecule has 24 heavy (non-hydrogen) atoms. The van der Waals surface area contributed by atoms with E-state index in [9.17, 15) is 14.4 Å². The zero-order valence-electron chi connectivity index (χ0n) is 14.7. The van der Waals surface area contributed by atoms with Crippen molar-refractivity contribution in [2.24, 2.45) is 5.41 Å². The third-order valence-electron chi connectivity index (χ3n) is 3.48. The highest BCUT2D eigenvalue weighted by molar-refractivity contribution is 5.97. The van der Waals surface area contributed by atoms with Crippen LogP contribution in [0.5, 0.6) is 0 Å². The molecular weight excluding hydrogens is 308 g/mol. The van der Waals surface area contributed by atoms with Crippen LogP contribution < -0.4 is 10.6 Å². The van der Waals surface area contributed by atoms with E-state index in [0.29, 0.717) is 17.7 Å². The van der Waals surface area contributed by atoms with Crippen molar-refractivity contribution in [2.45, 2.75) is 53.0 Å². The molecule has 2 amide bonds. The fourth-order valence-corrected chi connectivity index (χ4v) is 2.05. The fourth-order valence-electron chi connectivity index (χ4n) is 2.05. The molecule has 0 spiro atoms. The Morgan fingerprint density at radius 3 is 2.21 bits per heavy atom. The van der Waals surface area contributed by atoms with Crippen LogP contribution in [0.25, 0.3) is 0 Å². The topological polar surface area (TPSA) is 95.5 Å². The SMILES string of the molecule is CC(NC(=O)c1ccc(NC(=O)CCCC(C)(C)C)cc1)C(=O)O. The first kappa shape index (κ1) is 19.7. The minimum atomic E-state index is -1.09. The molecule has 1 aromatic carbocycles. The van der Waals surface area contributed by atoms with Gasteiger partial charge in [0.05, 0.1) is 0 Å². The molecule has 1 atom stereocenters. The van der Waals surface area contributed by atoms with Gasteiger partial charge in [-0.15, -0.1) is 0 Å². The van der Waals surface area contributed by atoms with Crippen molar-refractivity contribution in [3.8, 4) is 0 Å². The quantitative estimate of drug-likeness (QED) is 0.714. The number of hydrogen-bond acceptors (Lipinski definition) is 3. The van der Waals surface area contributed by atoms with Gasteiger partial charge in [0, 0.05) is 17.7 Å². The standard InChI is InChI=1S/C18H26N2O4/c1-12(17(23)24)19-16(22)13-7-9-14(10-8-13)20-15(21)6-5-11-18(2,3)4/h7-10,12H,5-6,11H2,1-4H3,(H,19,22)(H,20,21)(H,23,24). The minimum absolute atomic E-state index is 0.0593. The van der Waals surface area contributed by atoms with Gasteiger partial charge in [0.2, 0.25) is 5.91 Å². The second-order valence-electron chi connectivity index (χ2n) is 7.07. The van der Waals surface area contributed by atoms with E-state index in [4.69, 9.17) is 5.11 Å². The highest BCUT2D eigenvalue weighted by atomic mass is 16.4. The Labute approximate surface area is 142 Å². The lowest BCUT2D eigenvalue weighted by atomic mass is 9.90. The number of anilines is 1. The molecule has 6 nitrogen and oxygen atoms in total. The van der Waals surface area contributed by atoms with Crippen LogP contribution in [-0.4, -0.2) is 28.9 Å². The van der Waals surface area contributed by atoms with Crippen LogP contribution in [0.15, 0.2) is 24.3 Å². The van der Waals surface area contributed by atoms with Gasteiger partial charge in [-0.25, -0.2) is 0 Å². The van der Waals surface area contributed by atoms with Crippen LogP contribution in [0.1, 0.15) is 57.3 Å². The Morgan fingerprint density at radius 2 is 1.71 bits per heavy atom. The summed E-state index contributed by atoms with van der Waals surface area (Å²) >= 11 is 0. The molecule has 0 saturated heterocycles. The molecule has 0 fully saturated rings. The van der Waals surface area contributed by atoms with Crippen LogP contribution in [0.3, 0.4) is 0 Å². The van der Waals surface area contributed by atoms with Crippen molar-refractivity contribution in [1.82, 2.24) is 5.32 Å². The Kier molecular flexibility index (Phi) is 6.95. The average Bonchev–Trinajstić information content (AvgIpc) is 2.46. The van der Waals surface area contributed by atoms with Crippen molar-refractivity contribution < 1.29 is 19.5 Å². The lowest BCUT2D eigenvalue weighted by molar-refractivity contribution is -0.138. The predicted molar refractivity (Wildman–Crippen MR) is 92.9 cm³/mol. The Bertz CT molecular complexity index is 588. The van der Waals surface area contributed by atoms with Crippen LogP contribution in [0.4, 0.5) is 5.69 Å². The molecule has 0 saturated carbocycles. The van der Waals surface area contributed by atoms with Crippen LogP contribution in [-0.2, 0) is 9.59 Å². The normalized spacial score (nSPS) is 12.3. The molecule has 3 N–H and O–H groups in total. The zero-order valence-corrected chi connectivity index (χ0v) is 14.7. The predicted octanol–water partition coefficient (Wildman–Crippen LogP) is 3.04. The van der Waals surface area contributed by atoms with E-state index >= 15 is 0 Å². The minimum Gasteiger partial charge on any atom is -0.480 e. The van der Waals surface area contributed by atoms with Crippen LogP contribution >= 0.6 is 0 Å². The van der Waals surface area contributed by atoms with Crippen molar-refractivity contribution in [2.75, 3.05) is 5.32 Å². The lowest BCUT2D eigenvalue weighted by Crippen LogP contribution is -2.38. The van der Waals surface area contributed by atoms with E-state index in [1.807, 2.05) is 0 Å². The fraction of sp³-hybridized carbons (Fsp3) is 0.500. The maximum absolute atomic E-state index is 11.9. The van der Waals surface area contributed by atoms with Gasteiger partial charge in [0.1, 0.15) is 6.04 Å². The first-order valence-corrected chi connectivity index (χ1v) is 8.02. The van der Waals surface area contributed by atoms with E-state index in [0.717, 1.165) is 12.8 Å². The number of carboxylic acid groups (broad SMARTS) is 1. The Balaban J connectivity index is 2.51. The number of benzene rings is 1. The molecular formula is C18H26N2O4. The summed E-state index contributed by atoms with van der Waals surface area (Å²) in [6, 6.07) is 5.40. The highest BCUT2D eigenvalue weighted by Crippen LogP contribution is 2.21. The van der Waals surface area contributed by atoms with Gasteiger partial charge in [-0.3, -0.25) is 14.4 Å². The van der Waals surface area contributed by atoms with E-state index in [-0.39, 0.29) is 11.3 Å². The Hall–Kier alpha value is -2.37. The lowest BCUT2D eigenvalue weighted by Gasteiger charge is -2.17. The van der Waals surface area contributed by atoms with Gasteiger partial charge in [-0.2, -0.15) is 0 Å². The second-order valence-corrected chi connectivity index (χ2v) is 7.07. The largest absolute Gasteiger partial charge is 0.480 e. The molecule has 0 aromatic heterocycles. The number of hydrogen-bond donors (Lipinski definition) is 3. The summed E-state index contributed by atoms with van der Waals surface area (Å²) < 4.78 is 0. The van der Waals surface area contributed by atoms with Crippen molar-refractivity contribution >= 4 is 23.5 Å². The molecule has 1 rings (SSSR count). The van der Waals surface area contributed by atoms with E-state index in [1.165, 1.54) is 6.92 Å². The molecule has 0 aliphatic heterocycles. The maximum atomic E-state index is 11.9. The summed E-state index contributed by atoms with van der Waals surface area (Å²) in [7, 11) is 0. The summed E-state index contributed by atoms with van der Waals surface area (Å²) in [6.45, 7) is 7.81. The van der Waals surface area contributed by atoms with Gasteiger partial charge < -0.3 is 15.7 Å². The third kappa shape index (κ3) is 7.26. The number of aliphatic carboxylic acids is 1. The number of rotatable bonds is 7. The number of nitrogens with one attached hydrogen (secondary N) is 2. The first-order valence-electron chi connectivity index (χ1n) is 8.02. The summed E-state index contributed by atoms with van der Waals surface area (Å²) in [4.78, 5) is 34.5. The number of carbonyl (C=O) groups is 3. The highest BCUT2D eigenvalue weighted by Gasteiger charge is 2.15. The monoisotopic (exact) mass is 334 g/mol. The summed E-state index contributed by atoms with van der Waals surface area (Å²) in [5.41, 5.74) is 1.16. The van der Waals surface area contributed by atoms with E-state index in [2.05, 4.69) is 31.4 Å². The van der Waals surface area contributed by atoms with Crippen molar-refractivity contribution in [3.63, 3.8) is 0 Å². The van der Waals surface area contributed by atoms with E-state index < -0.39 is 17.9 Å². The maximum Gasteiger partial charge on any atom is 0.325 e. The molecule has 1 aromatic rings. The average molecular weight is 334 g/mol. The molecule has 0 aliphatic carbocycles. The third-order valence-corrected chi connectivity index (χ3v) is 3.48.